The molecule has 6 heteroatoms. The Hall–Kier alpha value is -1.92. The maximum Gasteiger partial charge on any atom is 0.253 e. The largest absolute Gasteiger partial charge is 0.339 e. The second-order valence-corrected chi connectivity index (χ2v) is 6.22. The zero-order chi connectivity index (χ0) is 17.5. The van der Waals surface area contributed by atoms with Gasteiger partial charge in [-0.05, 0) is 51.0 Å². The molecule has 0 spiro atoms. The van der Waals surface area contributed by atoms with Crippen molar-refractivity contribution >= 4 is 17.5 Å². The molecule has 6 nitrogen and oxygen atoms in total. The highest BCUT2D eigenvalue weighted by molar-refractivity contribution is 5.96. The Morgan fingerprint density at radius 1 is 1.17 bits per heavy atom. The average molecular weight is 332 g/mol. The van der Waals surface area contributed by atoms with Crippen molar-refractivity contribution < 1.29 is 9.59 Å². The summed E-state index contributed by atoms with van der Waals surface area (Å²) in [5, 5.41) is 2.89. The van der Waals surface area contributed by atoms with Gasteiger partial charge in [-0.3, -0.25) is 14.5 Å². The minimum Gasteiger partial charge on any atom is -0.339 e. The molecule has 132 valence electrons. The topological polar surface area (TPSA) is 78.7 Å². The summed E-state index contributed by atoms with van der Waals surface area (Å²) in [5.41, 5.74) is 7.23. The zero-order valence-corrected chi connectivity index (χ0v) is 14.6. The molecule has 1 aliphatic rings. The molecule has 0 radical (unpaired) electrons. The van der Waals surface area contributed by atoms with Crippen LogP contribution in [0.25, 0.3) is 0 Å². The van der Waals surface area contributed by atoms with E-state index in [2.05, 4.69) is 10.2 Å². The third-order valence-corrected chi connectivity index (χ3v) is 4.47. The van der Waals surface area contributed by atoms with Crippen molar-refractivity contribution in [3.8, 4) is 0 Å². The minimum absolute atomic E-state index is 0.0162. The molecule has 1 aromatic carbocycles. The van der Waals surface area contributed by atoms with Gasteiger partial charge in [0.2, 0.25) is 5.91 Å². The lowest BCUT2D eigenvalue weighted by Crippen LogP contribution is -2.43. The molecule has 2 rings (SSSR count). The van der Waals surface area contributed by atoms with Gasteiger partial charge in [0.05, 0.1) is 6.54 Å². The Kier molecular flexibility index (Phi) is 6.75. The molecule has 0 aromatic heterocycles. The molecule has 1 aromatic rings. The molecule has 0 bridgehead atoms. The van der Waals surface area contributed by atoms with Crippen molar-refractivity contribution in [2.24, 2.45) is 5.73 Å². The number of amides is 2. The summed E-state index contributed by atoms with van der Waals surface area (Å²) < 4.78 is 0. The summed E-state index contributed by atoms with van der Waals surface area (Å²) in [4.78, 5) is 28.3. The normalized spacial score (nSPS) is 16.0. The van der Waals surface area contributed by atoms with E-state index >= 15 is 0 Å². The van der Waals surface area contributed by atoms with Crippen LogP contribution in [0.5, 0.6) is 0 Å². The lowest BCUT2D eigenvalue weighted by Gasteiger charge is -2.29. The fraction of sp³-hybridized carbons (Fsp3) is 0.556. The van der Waals surface area contributed by atoms with E-state index in [1.54, 1.807) is 29.2 Å². The van der Waals surface area contributed by atoms with E-state index < -0.39 is 0 Å². The van der Waals surface area contributed by atoms with Crippen LogP contribution in [-0.2, 0) is 4.79 Å². The number of piperidine rings is 1. The van der Waals surface area contributed by atoms with Crippen LogP contribution in [0.15, 0.2) is 24.3 Å². The molecule has 24 heavy (non-hydrogen) atoms. The highest BCUT2D eigenvalue weighted by Crippen LogP contribution is 2.13. The van der Waals surface area contributed by atoms with E-state index in [0.29, 0.717) is 30.9 Å². The number of carbonyl (C=O) groups excluding carboxylic acids is 2. The molecule has 1 fully saturated rings. The second kappa shape index (κ2) is 8.80. The van der Waals surface area contributed by atoms with E-state index in [-0.39, 0.29) is 17.9 Å². The van der Waals surface area contributed by atoms with Crippen LogP contribution < -0.4 is 11.1 Å². The number of nitrogens with zero attached hydrogens (tertiary/aromatic N) is 2. The Bertz CT molecular complexity index is 547. The van der Waals surface area contributed by atoms with E-state index in [1.165, 1.54) is 0 Å². The molecular weight excluding hydrogens is 304 g/mol. The van der Waals surface area contributed by atoms with Crippen LogP contribution in [0.3, 0.4) is 0 Å². The molecule has 0 unspecified atom stereocenters. The van der Waals surface area contributed by atoms with Gasteiger partial charge in [0.25, 0.3) is 5.91 Å². The Labute approximate surface area is 144 Å². The van der Waals surface area contributed by atoms with Crippen molar-refractivity contribution in [1.29, 1.82) is 0 Å². The number of carbonyl (C=O) groups is 2. The molecule has 1 heterocycles. The van der Waals surface area contributed by atoms with Gasteiger partial charge in [-0.1, -0.05) is 0 Å². The molecule has 2 amide bonds. The molecule has 0 saturated carbocycles. The summed E-state index contributed by atoms with van der Waals surface area (Å²) in [6, 6.07) is 7.34. The summed E-state index contributed by atoms with van der Waals surface area (Å²) >= 11 is 0. The predicted molar refractivity (Wildman–Crippen MR) is 96.0 cm³/mol. The number of hydrogen-bond donors (Lipinski definition) is 2. The summed E-state index contributed by atoms with van der Waals surface area (Å²) in [6.07, 6.45) is 1.88. The molecule has 1 aliphatic heterocycles. The maximum atomic E-state index is 12.3. The third-order valence-electron chi connectivity index (χ3n) is 4.47. The van der Waals surface area contributed by atoms with Crippen LogP contribution in [0, 0.1) is 0 Å². The van der Waals surface area contributed by atoms with Crippen LogP contribution in [0.1, 0.15) is 37.0 Å². The minimum atomic E-state index is -0.0340. The molecular formula is C18H28N4O2. The number of hydrogen-bond acceptors (Lipinski definition) is 4. The lowest BCUT2D eigenvalue weighted by atomic mass is 10.1. The standard InChI is InChI=1S/C18H28N4O2/c1-3-22(4-2)18(24)14-5-7-16(8-6-14)20-17(23)13-21-11-9-15(19)10-12-21/h5-8,15H,3-4,9-13,19H2,1-2H3,(H,20,23). The van der Waals surface area contributed by atoms with Crippen LogP contribution in [-0.4, -0.2) is 60.4 Å². The smallest absolute Gasteiger partial charge is 0.253 e. The lowest BCUT2D eigenvalue weighted by molar-refractivity contribution is -0.117. The Morgan fingerprint density at radius 2 is 1.75 bits per heavy atom. The SMILES string of the molecule is CCN(CC)C(=O)c1ccc(NC(=O)CN2CCC(N)CC2)cc1. The number of nitrogens with one attached hydrogen (secondary N) is 1. The first-order chi connectivity index (χ1) is 11.5. The van der Waals surface area contributed by atoms with Crippen molar-refractivity contribution in [1.82, 2.24) is 9.80 Å². The van der Waals surface area contributed by atoms with Crippen molar-refractivity contribution in [2.75, 3.05) is 38.0 Å². The summed E-state index contributed by atoms with van der Waals surface area (Å²) in [6.45, 7) is 7.41. The fourth-order valence-electron chi connectivity index (χ4n) is 2.90. The Balaban J connectivity index is 1.87. The summed E-state index contributed by atoms with van der Waals surface area (Å²) in [5.74, 6) is -0.0178. The third kappa shape index (κ3) is 5.04. The summed E-state index contributed by atoms with van der Waals surface area (Å²) in [7, 11) is 0. The number of rotatable bonds is 6. The first-order valence-electron chi connectivity index (χ1n) is 8.70. The van der Waals surface area contributed by atoms with Gasteiger partial charge in [0, 0.05) is 43.5 Å². The molecule has 3 N–H and O–H groups in total. The van der Waals surface area contributed by atoms with E-state index in [9.17, 15) is 9.59 Å². The van der Waals surface area contributed by atoms with Gasteiger partial charge in [0.1, 0.15) is 0 Å². The number of nitrogens with two attached hydrogens (primary N) is 1. The first-order valence-corrected chi connectivity index (χ1v) is 8.70. The fourth-order valence-corrected chi connectivity index (χ4v) is 2.90. The molecule has 0 aliphatic carbocycles. The molecule has 1 saturated heterocycles. The quantitative estimate of drug-likeness (QED) is 0.828. The molecule has 0 atom stereocenters. The number of benzene rings is 1. The van der Waals surface area contributed by atoms with E-state index in [4.69, 9.17) is 5.73 Å². The van der Waals surface area contributed by atoms with Gasteiger partial charge in [-0.2, -0.15) is 0 Å². The van der Waals surface area contributed by atoms with Crippen molar-refractivity contribution in [2.45, 2.75) is 32.7 Å². The van der Waals surface area contributed by atoms with Gasteiger partial charge < -0.3 is 16.0 Å². The van der Waals surface area contributed by atoms with Gasteiger partial charge in [0.15, 0.2) is 0 Å². The van der Waals surface area contributed by atoms with Crippen LogP contribution >= 0.6 is 0 Å². The van der Waals surface area contributed by atoms with Gasteiger partial charge in [-0.25, -0.2) is 0 Å². The number of likely N-dealkylation sites (tertiary alicyclic amines) is 1. The van der Waals surface area contributed by atoms with Gasteiger partial charge in [-0.15, -0.1) is 0 Å². The number of anilines is 1. The van der Waals surface area contributed by atoms with Gasteiger partial charge >= 0.3 is 0 Å². The van der Waals surface area contributed by atoms with Crippen LogP contribution in [0.2, 0.25) is 0 Å². The van der Waals surface area contributed by atoms with Crippen LogP contribution in [0.4, 0.5) is 5.69 Å². The first kappa shape index (κ1) is 18.4. The Morgan fingerprint density at radius 3 is 2.29 bits per heavy atom. The highest BCUT2D eigenvalue weighted by atomic mass is 16.2. The predicted octanol–water partition coefficient (Wildman–Crippen LogP) is 1.53. The monoisotopic (exact) mass is 332 g/mol. The average Bonchev–Trinajstić information content (AvgIpc) is 2.58. The highest BCUT2D eigenvalue weighted by Gasteiger charge is 2.18. The maximum absolute atomic E-state index is 12.3. The van der Waals surface area contributed by atoms with Crippen molar-refractivity contribution in [3.05, 3.63) is 29.8 Å². The van der Waals surface area contributed by atoms with Crippen molar-refractivity contribution in [3.63, 3.8) is 0 Å². The van der Waals surface area contributed by atoms with E-state index in [0.717, 1.165) is 25.9 Å². The second-order valence-electron chi connectivity index (χ2n) is 6.22. The van der Waals surface area contributed by atoms with E-state index in [1.807, 2.05) is 13.8 Å². The zero-order valence-electron chi connectivity index (χ0n) is 14.6.